The quantitative estimate of drug-likeness (QED) is 0.688. The van der Waals surface area contributed by atoms with Gasteiger partial charge in [0.2, 0.25) is 0 Å². The number of sulfone groups is 1. The predicted molar refractivity (Wildman–Crippen MR) is 46.0 cm³/mol. The number of halogens is 3. The third-order valence-corrected chi connectivity index (χ3v) is 3.61. The molecule has 1 aliphatic rings. The van der Waals surface area contributed by atoms with Gasteiger partial charge in [-0.2, -0.15) is 13.2 Å². The number of hydrogen-bond donors (Lipinski definition) is 0. The summed E-state index contributed by atoms with van der Waals surface area (Å²) < 4.78 is 58.0. The third kappa shape index (κ3) is 2.00. The van der Waals surface area contributed by atoms with E-state index >= 15 is 0 Å². The lowest BCUT2D eigenvalue weighted by Crippen LogP contribution is -2.25. The SMILES string of the molecule is CC1=CC=C(S(=O)(=O)C(F)(F)F)CC1. The molecule has 6 heteroatoms. The van der Waals surface area contributed by atoms with Gasteiger partial charge in [-0.05, 0) is 25.8 Å². The second-order valence-electron chi connectivity index (χ2n) is 3.10. The molecule has 2 nitrogen and oxygen atoms in total. The average Bonchev–Trinajstić information content (AvgIpc) is 2.03. The Balaban J connectivity index is 3.09. The molecule has 1 aliphatic carbocycles. The monoisotopic (exact) mass is 226 g/mol. The molecule has 0 bridgehead atoms. The van der Waals surface area contributed by atoms with Gasteiger partial charge in [-0.25, -0.2) is 8.42 Å². The predicted octanol–water partition coefficient (Wildman–Crippen LogP) is 2.55. The maximum absolute atomic E-state index is 12.1. The summed E-state index contributed by atoms with van der Waals surface area (Å²) in [5, 5.41) is 0. The summed E-state index contributed by atoms with van der Waals surface area (Å²) in [4.78, 5) is -0.546. The van der Waals surface area contributed by atoms with Crippen molar-refractivity contribution in [2.24, 2.45) is 0 Å². The minimum Gasteiger partial charge on any atom is -0.215 e. The van der Waals surface area contributed by atoms with Gasteiger partial charge in [0.25, 0.3) is 9.84 Å². The van der Waals surface area contributed by atoms with Crippen molar-refractivity contribution >= 4 is 9.84 Å². The maximum Gasteiger partial charge on any atom is 0.501 e. The molecule has 0 aromatic heterocycles. The van der Waals surface area contributed by atoms with Gasteiger partial charge in [-0.3, -0.25) is 0 Å². The van der Waals surface area contributed by atoms with Gasteiger partial charge in [0, 0.05) is 0 Å². The van der Waals surface area contributed by atoms with Crippen molar-refractivity contribution in [1.82, 2.24) is 0 Å². The average molecular weight is 226 g/mol. The van der Waals surface area contributed by atoms with Crippen molar-refractivity contribution in [1.29, 1.82) is 0 Å². The summed E-state index contributed by atoms with van der Waals surface area (Å²) >= 11 is 0. The molecule has 0 unspecified atom stereocenters. The lowest BCUT2D eigenvalue weighted by Gasteiger charge is -2.14. The topological polar surface area (TPSA) is 34.1 Å². The fourth-order valence-corrected chi connectivity index (χ4v) is 2.01. The molecule has 0 aliphatic heterocycles. The maximum atomic E-state index is 12.1. The van der Waals surface area contributed by atoms with E-state index in [0.29, 0.717) is 6.42 Å². The number of rotatable bonds is 1. The highest BCUT2D eigenvalue weighted by Crippen LogP contribution is 2.33. The van der Waals surface area contributed by atoms with E-state index in [2.05, 4.69) is 0 Å². The first-order valence-electron chi connectivity index (χ1n) is 3.93. The zero-order valence-electron chi connectivity index (χ0n) is 7.43. The molecule has 0 atom stereocenters. The Morgan fingerprint density at radius 1 is 1.21 bits per heavy atom. The minimum atomic E-state index is -5.18. The summed E-state index contributed by atoms with van der Waals surface area (Å²) in [5.74, 6) is 0. The van der Waals surface area contributed by atoms with Crippen LogP contribution in [0.5, 0.6) is 0 Å². The van der Waals surface area contributed by atoms with Crippen molar-refractivity contribution in [3.63, 3.8) is 0 Å². The van der Waals surface area contributed by atoms with Crippen LogP contribution in [-0.2, 0) is 9.84 Å². The van der Waals surface area contributed by atoms with Crippen LogP contribution in [0.1, 0.15) is 19.8 Å². The molecule has 0 radical (unpaired) electrons. The summed E-state index contributed by atoms with van der Waals surface area (Å²) in [6, 6.07) is 0. The molecular formula is C8H9F3O2S. The van der Waals surface area contributed by atoms with Crippen LogP contribution in [0.2, 0.25) is 0 Å². The van der Waals surface area contributed by atoms with E-state index in [1.807, 2.05) is 0 Å². The molecule has 0 heterocycles. The van der Waals surface area contributed by atoms with Crippen molar-refractivity contribution in [3.8, 4) is 0 Å². The second kappa shape index (κ2) is 3.42. The van der Waals surface area contributed by atoms with Crippen LogP contribution in [0, 0.1) is 0 Å². The van der Waals surface area contributed by atoms with Crippen molar-refractivity contribution in [2.75, 3.05) is 0 Å². The van der Waals surface area contributed by atoms with Crippen LogP contribution in [0.15, 0.2) is 22.6 Å². The molecular weight excluding hydrogens is 217 g/mol. The Morgan fingerprint density at radius 3 is 2.14 bits per heavy atom. The van der Waals surface area contributed by atoms with Crippen LogP contribution in [0.3, 0.4) is 0 Å². The van der Waals surface area contributed by atoms with E-state index < -0.39 is 20.3 Å². The van der Waals surface area contributed by atoms with Crippen molar-refractivity contribution in [3.05, 3.63) is 22.6 Å². The van der Waals surface area contributed by atoms with Crippen LogP contribution < -0.4 is 0 Å². The smallest absolute Gasteiger partial charge is 0.215 e. The molecule has 0 saturated heterocycles. The third-order valence-electron chi connectivity index (χ3n) is 1.97. The second-order valence-corrected chi connectivity index (χ2v) is 5.09. The first-order valence-corrected chi connectivity index (χ1v) is 5.41. The summed E-state index contributed by atoms with van der Waals surface area (Å²) in [6.07, 6.45) is 2.73. The molecule has 14 heavy (non-hydrogen) atoms. The lowest BCUT2D eigenvalue weighted by atomic mass is 10.1. The van der Waals surface area contributed by atoms with E-state index in [4.69, 9.17) is 0 Å². The Bertz CT molecular complexity index is 387. The van der Waals surface area contributed by atoms with Gasteiger partial charge in [0.15, 0.2) is 0 Å². The van der Waals surface area contributed by atoms with Crippen LogP contribution in [0.25, 0.3) is 0 Å². The molecule has 0 fully saturated rings. The molecule has 0 aromatic carbocycles. The molecule has 0 N–H and O–H groups in total. The van der Waals surface area contributed by atoms with Crippen LogP contribution in [-0.4, -0.2) is 13.9 Å². The zero-order chi connectivity index (χ0) is 11.0. The molecule has 80 valence electrons. The number of alkyl halides is 3. The zero-order valence-corrected chi connectivity index (χ0v) is 8.24. The summed E-state index contributed by atoms with van der Waals surface area (Å²) in [5.41, 5.74) is -4.30. The first-order chi connectivity index (χ1) is 6.25. The van der Waals surface area contributed by atoms with Gasteiger partial charge in [0.1, 0.15) is 0 Å². The Hall–Kier alpha value is -0.780. The van der Waals surface area contributed by atoms with Crippen molar-refractivity contribution in [2.45, 2.75) is 25.3 Å². The van der Waals surface area contributed by atoms with E-state index in [9.17, 15) is 21.6 Å². The normalized spacial score (nSPS) is 18.9. The van der Waals surface area contributed by atoms with E-state index in [0.717, 1.165) is 11.6 Å². The van der Waals surface area contributed by atoms with E-state index in [1.54, 1.807) is 6.92 Å². The minimum absolute atomic E-state index is 0.0653. The summed E-state index contributed by atoms with van der Waals surface area (Å²) in [7, 11) is -5.11. The highest BCUT2D eigenvalue weighted by atomic mass is 32.2. The highest BCUT2D eigenvalue weighted by molar-refractivity contribution is 7.96. The Kier molecular flexibility index (Phi) is 2.76. The van der Waals surface area contributed by atoms with Gasteiger partial charge in [0.05, 0.1) is 4.91 Å². The standard InChI is InChI=1S/C8H9F3O2S/c1-6-2-4-7(5-3-6)14(12,13)8(9,10)11/h2,4H,3,5H2,1H3. The van der Waals surface area contributed by atoms with Gasteiger partial charge in [-0.1, -0.05) is 11.6 Å². The van der Waals surface area contributed by atoms with Gasteiger partial charge >= 0.3 is 5.51 Å². The Labute approximate surface area is 80.0 Å². The lowest BCUT2D eigenvalue weighted by molar-refractivity contribution is -0.0427. The first kappa shape index (κ1) is 11.3. The number of allylic oxidation sites excluding steroid dienone is 4. The molecule has 1 rings (SSSR count). The molecule has 0 aromatic rings. The van der Waals surface area contributed by atoms with Crippen molar-refractivity contribution < 1.29 is 21.6 Å². The fraction of sp³-hybridized carbons (Fsp3) is 0.500. The van der Waals surface area contributed by atoms with Gasteiger partial charge < -0.3 is 0 Å². The fourth-order valence-electron chi connectivity index (χ4n) is 1.09. The van der Waals surface area contributed by atoms with Gasteiger partial charge in [-0.15, -0.1) is 0 Å². The highest BCUT2D eigenvalue weighted by Gasteiger charge is 2.47. The Morgan fingerprint density at radius 2 is 1.79 bits per heavy atom. The number of hydrogen-bond acceptors (Lipinski definition) is 2. The van der Waals surface area contributed by atoms with E-state index in [1.165, 1.54) is 6.08 Å². The summed E-state index contributed by atoms with van der Waals surface area (Å²) in [6.45, 7) is 1.74. The largest absolute Gasteiger partial charge is 0.501 e. The van der Waals surface area contributed by atoms with E-state index in [-0.39, 0.29) is 6.42 Å². The molecule has 0 saturated carbocycles. The van der Waals surface area contributed by atoms with Crippen LogP contribution in [0.4, 0.5) is 13.2 Å². The molecule has 0 amide bonds. The molecule has 0 spiro atoms. The van der Waals surface area contributed by atoms with Crippen LogP contribution >= 0.6 is 0 Å².